The zero-order valence-electron chi connectivity index (χ0n) is 16.3. The van der Waals surface area contributed by atoms with Crippen molar-refractivity contribution in [1.29, 1.82) is 0 Å². The molecule has 0 bridgehead atoms. The average molecular weight is 408 g/mol. The third kappa shape index (κ3) is 4.74. The molecule has 0 spiro atoms. The van der Waals surface area contributed by atoms with Crippen molar-refractivity contribution in [2.24, 2.45) is 0 Å². The summed E-state index contributed by atoms with van der Waals surface area (Å²) in [6, 6.07) is 13.3. The van der Waals surface area contributed by atoms with E-state index in [0.717, 1.165) is 23.9 Å². The molecule has 1 aliphatic rings. The molecule has 0 N–H and O–H groups in total. The van der Waals surface area contributed by atoms with E-state index in [1.165, 1.54) is 24.3 Å². The fourth-order valence-electron chi connectivity index (χ4n) is 3.45. The first kappa shape index (κ1) is 19.8. The Kier molecular flexibility index (Phi) is 5.88. The van der Waals surface area contributed by atoms with Crippen molar-refractivity contribution >= 4 is 29.1 Å². The Morgan fingerprint density at radius 2 is 1.87 bits per heavy atom. The number of para-hydroxylation sites is 2. The first-order chi connectivity index (χ1) is 14.6. The molecular formula is C23H21FN2O4. The summed E-state index contributed by atoms with van der Waals surface area (Å²) in [7, 11) is 0. The maximum Gasteiger partial charge on any atom is 0.331 e. The number of carbonyl (C=O) groups excluding carboxylic acids is 2. The van der Waals surface area contributed by atoms with E-state index in [9.17, 15) is 14.0 Å². The Hall–Kier alpha value is -3.48. The first-order valence-electron chi connectivity index (χ1n) is 9.82. The van der Waals surface area contributed by atoms with Crippen molar-refractivity contribution in [3.63, 3.8) is 0 Å². The monoisotopic (exact) mass is 408 g/mol. The van der Waals surface area contributed by atoms with Gasteiger partial charge in [0.1, 0.15) is 11.3 Å². The van der Waals surface area contributed by atoms with Gasteiger partial charge in [-0.15, -0.1) is 0 Å². The van der Waals surface area contributed by atoms with Gasteiger partial charge >= 0.3 is 5.97 Å². The van der Waals surface area contributed by atoms with Crippen LogP contribution in [0.4, 0.5) is 4.39 Å². The number of aromatic nitrogens is 1. The molecule has 4 rings (SSSR count). The molecule has 0 saturated carbocycles. The van der Waals surface area contributed by atoms with Crippen LogP contribution >= 0.6 is 0 Å². The summed E-state index contributed by atoms with van der Waals surface area (Å²) in [5.41, 5.74) is 2.28. The largest absolute Gasteiger partial charge is 0.452 e. The van der Waals surface area contributed by atoms with Gasteiger partial charge in [0.05, 0.1) is 0 Å². The summed E-state index contributed by atoms with van der Waals surface area (Å²) in [4.78, 5) is 30.4. The van der Waals surface area contributed by atoms with Gasteiger partial charge in [-0.05, 0) is 48.7 Å². The third-order valence-electron chi connectivity index (χ3n) is 5.13. The normalized spacial score (nSPS) is 15.0. The summed E-state index contributed by atoms with van der Waals surface area (Å²) in [6.07, 6.45) is 4.23. The minimum absolute atomic E-state index is 0.169. The van der Waals surface area contributed by atoms with Gasteiger partial charge in [-0.25, -0.2) is 14.2 Å². The number of carbonyl (C=O) groups is 2. The number of ether oxygens (including phenoxy) is 1. The zero-order valence-corrected chi connectivity index (χ0v) is 16.3. The zero-order chi connectivity index (χ0) is 20.9. The lowest BCUT2D eigenvalue weighted by molar-refractivity contribution is -0.148. The van der Waals surface area contributed by atoms with Crippen molar-refractivity contribution in [3.8, 4) is 0 Å². The number of nitrogens with zero attached hydrogens (tertiary/aromatic N) is 2. The van der Waals surface area contributed by atoms with Gasteiger partial charge in [0.15, 0.2) is 18.1 Å². The number of oxazole rings is 1. The molecular weight excluding hydrogens is 387 g/mol. The third-order valence-corrected chi connectivity index (χ3v) is 5.13. The van der Waals surface area contributed by atoms with Crippen LogP contribution in [0.1, 0.15) is 30.2 Å². The van der Waals surface area contributed by atoms with Crippen LogP contribution in [0.25, 0.3) is 17.2 Å². The van der Waals surface area contributed by atoms with Crippen LogP contribution in [0, 0.1) is 5.82 Å². The van der Waals surface area contributed by atoms with Gasteiger partial charge < -0.3 is 14.1 Å². The second-order valence-electron chi connectivity index (χ2n) is 7.17. The molecule has 7 heteroatoms. The number of benzene rings is 2. The highest BCUT2D eigenvalue weighted by Crippen LogP contribution is 2.29. The van der Waals surface area contributed by atoms with Gasteiger partial charge in [-0.1, -0.05) is 24.3 Å². The van der Waals surface area contributed by atoms with Gasteiger partial charge in [-0.3, -0.25) is 4.79 Å². The van der Waals surface area contributed by atoms with E-state index in [0.29, 0.717) is 24.5 Å². The lowest BCUT2D eigenvalue weighted by Crippen LogP contribution is -2.40. The summed E-state index contributed by atoms with van der Waals surface area (Å²) in [5.74, 6) is -0.313. The van der Waals surface area contributed by atoms with Crippen molar-refractivity contribution in [2.75, 3.05) is 19.7 Å². The summed E-state index contributed by atoms with van der Waals surface area (Å²) < 4.78 is 23.7. The molecule has 1 fully saturated rings. The molecule has 1 amide bonds. The number of likely N-dealkylation sites (tertiary alicyclic amines) is 1. The van der Waals surface area contributed by atoms with Crippen LogP contribution in [0.3, 0.4) is 0 Å². The standard InChI is InChI=1S/C23H21FN2O4/c24-18-8-5-16(6-9-18)7-10-22(28)29-15-21(27)26-13-11-17(12-14-26)23-25-19-3-1-2-4-20(19)30-23/h1-10,17H,11-15H2/b10-7+. The van der Waals surface area contributed by atoms with Crippen molar-refractivity contribution in [1.82, 2.24) is 9.88 Å². The number of rotatable bonds is 5. The first-order valence-corrected chi connectivity index (χ1v) is 9.82. The van der Waals surface area contributed by atoms with E-state index < -0.39 is 5.97 Å². The molecule has 1 aliphatic heterocycles. The molecule has 0 aliphatic carbocycles. The minimum Gasteiger partial charge on any atom is -0.452 e. The highest BCUT2D eigenvalue weighted by Gasteiger charge is 2.27. The maximum atomic E-state index is 12.9. The van der Waals surface area contributed by atoms with E-state index in [1.807, 2.05) is 24.3 Å². The molecule has 3 aromatic rings. The van der Waals surface area contributed by atoms with Crippen LogP contribution in [0.2, 0.25) is 0 Å². The number of piperidine rings is 1. The second kappa shape index (κ2) is 8.90. The van der Waals surface area contributed by atoms with E-state index >= 15 is 0 Å². The molecule has 1 aromatic heterocycles. The van der Waals surface area contributed by atoms with Crippen LogP contribution < -0.4 is 0 Å². The topological polar surface area (TPSA) is 72.6 Å². The fraction of sp³-hybridized carbons (Fsp3) is 0.261. The van der Waals surface area contributed by atoms with Crippen molar-refractivity contribution in [3.05, 3.63) is 71.9 Å². The Morgan fingerprint density at radius 3 is 2.60 bits per heavy atom. The van der Waals surface area contributed by atoms with Gasteiger partial charge in [0.25, 0.3) is 5.91 Å². The molecule has 2 heterocycles. The average Bonchev–Trinajstić information content (AvgIpc) is 3.21. The number of hydrogen-bond acceptors (Lipinski definition) is 5. The number of esters is 1. The molecule has 0 radical (unpaired) electrons. The van der Waals surface area contributed by atoms with Crippen LogP contribution in [-0.2, 0) is 14.3 Å². The van der Waals surface area contributed by atoms with Crippen molar-refractivity contribution in [2.45, 2.75) is 18.8 Å². The number of amides is 1. The van der Waals surface area contributed by atoms with Gasteiger partial charge in [0, 0.05) is 25.1 Å². The van der Waals surface area contributed by atoms with Crippen LogP contribution in [0.15, 0.2) is 59.0 Å². The lowest BCUT2D eigenvalue weighted by atomic mass is 9.97. The maximum absolute atomic E-state index is 12.9. The fourth-order valence-corrected chi connectivity index (χ4v) is 3.45. The number of fused-ring (bicyclic) bond motifs is 1. The SMILES string of the molecule is O=C(/C=C/c1ccc(F)cc1)OCC(=O)N1CCC(c2nc3ccccc3o2)CC1. The molecule has 0 atom stereocenters. The number of hydrogen-bond donors (Lipinski definition) is 0. The van der Waals surface area contributed by atoms with Gasteiger partial charge in [0.2, 0.25) is 0 Å². The molecule has 1 saturated heterocycles. The molecule has 2 aromatic carbocycles. The molecule has 6 nitrogen and oxygen atoms in total. The summed E-state index contributed by atoms with van der Waals surface area (Å²) in [6.45, 7) is 0.816. The quantitative estimate of drug-likeness (QED) is 0.473. The smallest absolute Gasteiger partial charge is 0.331 e. The predicted molar refractivity (Wildman–Crippen MR) is 109 cm³/mol. The Morgan fingerprint density at radius 1 is 1.13 bits per heavy atom. The highest BCUT2D eigenvalue weighted by atomic mass is 19.1. The number of halogens is 1. The van der Waals surface area contributed by atoms with Gasteiger partial charge in [-0.2, -0.15) is 0 Å². The van der Waals surface area contributed by atoms with Crippen molar-refractivity contribution < 1.29 is 23.1 Å². The molecule has 30 heavy (non-hydrogen) atoms. The second-order valence-corrected chi connectivity index (χ2v) is 7.17. The minimum atomic E-state index is -0.617. The van der Waals surface area contributed by atoms with E-state index in [2.05, 4.69) is 4.98 Å². The summed E-state index contributed by atoms with van der Waals surface area (Å²) >= 11 is 0. The van der Waals surface area contributed by atoms with Crippen LogP contribution in [-0.4, -0.2) is 41.5 Å². The lowest BCUT2D eigenvalue weighted by Gasteiger charge is -2.30. The van der Waals surface area contributed by atoms with E-state index in [4.69, 9.17) is 9.15 Å². The molecule has 154 valence electrons. The Labute approximate surface area is 173 Å². The van der Waals surface area contributed by atoms with E-state index in [1.54, 1.807) is 17.0 Å². The Balaban J connectivity index is 1.24. The molecule has 0 unspecified atom stereocenters. The van der Waals surface area contributed by atoms with Crippen LogP contribution in [0.5, 0.6) is 0 Å². The predicted octanol–water partition coefficient (Wildman–Crippen LogP) is 3.93. The Bertz CT molecular complexity index is 1030. The van der Waals surface area contributed by atoms with E-state index in [-0.39, 0.29) is 24.2 Å². The summed E-state index contributed by atoms with van der Waals surface area (Å²) in [5, 5.41) is 0. The highest BCUT2D eigenvalue weighted by molar-refractivity contribution is 5.89.